The van der Waals surface area contributed by atoms with Crippen LogP contribution in [0.3, 0.4) is 0 Å². The van der Waals surface area contributed by atoms with Crippen molar-refractivity contribution < 1.29 is 33.4 Å². The Bertz CT molecular complexity index is 830. The molecule has 1 unspecified atom stereocenters. The first-order valence-corrected chi connectivity index (χ1v) is 10.4. The van der Waals surface area contributed by atoms with Crippen molar-refractivity contribution in [1.82, 2.24) is 10.2 Å². The minimum absolute atomic E-state index is 0.0223. The maximum Gasteiger partial charge on any atom is 0.306 e. The molecule has 1 N–H and O–H groups in total. The van der Waals surface area contributed by atoms with Gasteiger partial charge in [-0.3, -0.25) is 19.2 Å². The van der Waals surface area contributed by atoms with Crippen molar-refractivity contribution in [2.45, 2.75) is 58.1 Å². The Hall–Kier alpha value is -3.23. The zero-order chi connectivity index (χ0) is 24.3. The summed E-state index contributed by atoms with van der Waals surface area (Å²) < 4.78 is 10.9. The Balaban J connectivity index is 2.91. The molecule has 0 fully saturated rings. The summed E-state index contributed by atoms with van der Waals surface area (Å²) in [6, 6.07) is 3.75. The van der Waals surface area contributed by atoms with Crippen molar-refractivity contribution >= 4 is 30.4 Å². The van der Waals surface area contributed by atoms with Gasteiger partial charge in [0, 0.05) is 32.5 Å². The Morgan fingerprint density at radius 1 is 1.16 bits per heavy atom. The van der Waals surface area contributed by atoms with E-state index in [0.717, 1.165) is 0 Å². The van der Waals surface area contributed by atoms with E-state index in [4.69, 9.17) is 9.47 Å². The zero-order valence-electron chi connectivity index (χ0n) is 19.3. The van der Waals surface area contributed by atoms with Crippen LogP contribution in [0.1, 0.15) is 67.2 Å². The minimum Gasteiger partial charge on any atom is -0.493 e. The quantitative estimate of drug-likeness (QED) is 0.296. The zero-order valence-corrected chi connectivity index (χ0v) is 19.3. The van der Waals surface area contributed by atoms with Crippen molar-refractivity contribution in [2.75, 3.05) is 20.7 Å². The van der Waals surface area contributed by atoms with Crippen molar-refractivity contribution in [3.63, 3.8) is 0 Å². The molecule has 1 atom stereocenters. The number of rotatable bonds is 12. The largest absolute Gasteiger partial charge is 0.493 e. The van der Waals surface area contributed by atoms with Crippen molar-refractivity contribution in [3.8, 4) is 5.75 Å². The molecule has 1 aromatic carbocycles. The predicted molar refractivity (Wildman–Crippen MR) is 118 cm³/mol. The van der Waals surface area contributed by atoms with Gasteiger partial charge in [0.2, 0.25) is 5.91 Å². The van der Waals surface area contributed by atoms with Crippen LogP contribution in [-0.2, 0) is 19.1 Å². The molecule has 0 bridgehead atoms. The van der Waals surface area contributed by atoms with E-state index in [0.29, 0.717) is 19.0 Å². The molecule has 0 spiro atoms. The summed E-state index contributed by atoms with van der Waals surface area (Å²) in [5.41, 5.74) is -0.440. The number of hydrogen-bond donors (Lipinski definition) is 1. The molecule has 2 amide bonds. The molecule has 1 rings (SSSR count). The second-order valence-corrected chi connectivity index (χ2v) is 8.21. The summed E-state index contributed by atoms with van der Waals surface area (Å²) in [4.78, 5) is 60.7. The number of nitrogens with one attached hydrogen (secondary N) is 1. The van der Waals surface area contributed by atoms with Crippen LogP contribution in [0.2, 0.25) is 0 Å². The smallest absolute Gasteiger partial charge is 0.306 e. The molecule has 32 heavy (non-hydrogen) atoms. The lowest BCUT2D eigenvalue weighted by molar-refractivity contribution is -0.155. The number of carbonyl (C=O) groups is 5. The third kappa shape index (κ3) is 8.49. The Morgan fingerprint density at radius 3 is 2.41 bits per heavy atom. The lowest BCUT2D eigenvalue weighted by Gasteiger charge is -2.25. The third-order valence-corrected chi connectivity index (χ3v) is 4.52. The molecule has 0 aliphatic carbocycles. The second kappa shape index (κ2) is 12.6. The van der Waals surface area contributed by atoms with E-state index < -0.39 is 17.6 Å². The SMILES string of the molecule is CNC(=O)CCC(C=O)N(C)C(=O)c1c(C=O)cccc1OCCCC(=O)OC(C)(C)C. The van der Waals surface area contributed by atoms with Gasteiger partial charge in [0.15, 0.2) is 6.29 Å². The molecule has 1 aromatic rings. The number of hydrogen-bond acceptors (Lipinski definition) is 7. The Morgan fingerprint density at radius 2 is 1.84 bits per heavy atom. The monoisotopic (exact) mass is 448 g/mol. The van der Waals surface area contributed by atoms with Crippen LogP contribution in [-0.4, -0.2) is 67.6 Å². The standard InChI is InChI=1S/C23H32N2O7/c1-23(2,3)32-20(29)10-7-13-31-18-9-6-8-16(14-26)21(18)22(30)25(5)17(15-27)11-12-19(28)24-4/h6,8-9,14-15,17H,7,10-13H2,1-5H3,(H,24,28). The predicted octanol–water partition coefficient (Wildman–Crippen LogP) is 2.17. The maximum absolute atomic E-state index is 13.1. The topological polar surface area (TPSA) is 119 Å². The van der Waals surface area contributed by atoms with Crippen LogP contribution in [0, 0.1) is 0 Å². The van der Waals surface area contributed by atoms with Crippen molar-refractivity contribution in [3.05, 3.63) is 29.3 Å². The van der Waals surface area contributed by atoms with Crippen molar-refractivity contribution in [1.29, 1.82) is 0 Å². The number of benzene rings is 1. The van der Waals surface area contributed by atoms with E-state index in [-0.39, 0.29) is 54.6 Å². The summed E-state index contributed by atoms with van der Waals surface area (Å²) in [6.07, 6.45) is 1.83. The number of esters is 1. The van der Waals surface area contributed by atoms with Gasteiger partial charge in [-0.1, -0.05) is 12.1 Å². The molecule has 176 valence electrons. The highest BCUT2D eigenvalue weighted by atomic mass is 16.6. The number of nitrogens with zero attached hydrogens (tertiary/aromatic N) is 1. The second-order valence-electron chi connectivity index (χ2n) is 8.21. The maximum atomic E-state index is 13.1. The van der Waals surface area contributed by atoms with Crippen LogP contribution in [0.25, 0.3) is 0 Å². The van der Waals surface area contributed by atoms with Gasteiger partial charge < -0.3 is 24.5 Å². The van der Waals surface area contributed by atoms with Crippen LogP contribution >= 0.6 is 0 Å². The van der Waals surface area contributed by atoms with Crippen LogP contribution < -0.4 is 10.1 Å². The number of aldehydes is 2. The van der Waals surface area contributed by atoms with Gasteiger partial charge >= 0.3 is 5.97 Å². The van der Waals surface area contributed by atoms with E-state index in [1.54, 1.807) is 32.9 Å². The fourth-order valence-electron chi connectivity index (χ4n) is 2.87. The summed E-state index contributed by atoms with van der Waals surface area (Å²) in [5.74, 6) is -1.01. The van der Waals surface area contributed by atoms with Gasteiger partial charge in [0.1, 0.15) is 17.6 Å². The summed E-state index contributed by atoms with van der Waals surface area (Å²) in [6.45, 7) is 5.46. The molecule has 0 aliphatic heterocycles. The molecular formula is C23H32N2O7. The normalized spacial score (nSPS) is 11.8. The summed E-state index contributed by atoms with van der Waals surface area (Å²) >= 11 is 0. The van der Waals surface area contributed by atoms with Crippen LogP contribution in [0.5, 0.6) is 5.75 Å². The summed E-state index contributed by atoms with van der Waals surface area (Å²) in [5, 5.41) is 2.46. The Labute approximate surface area is 188 Å². The fraction of sp³-hybridized carbons (Fsp3) is 0.522. The number of carbonyl (C=O) groups excluding carboxylic acids is 5. The molecule has 0 saturated carbocycles. The molecule has 0 saturated heterocycles. The molecule has 9 nitrogen and oxygen atoms in total. The van der Waals surface area contributed by atoms with Gasteiger partial charge in [-0.05, 0) is 39.7 Å². The Kier molecular flexibility index (Phi) is 10.5. The first-order valence-electron chi connectivity index (χ1n) is 10.4. The molecule has 0 heterocycles. The van der Waals surface area contributed by atoms with Gasteiger partial charge in [-0.25, -0.2) is 0 Å². The van der Waals surface area contributed by atoms with E-state index in [1.165, 1.54) is 25.1 Å². The average Bonchev–Trinajstić information content (AvgIpc) is 2.74. The number of amides is 2. The highest BCUT2D eigenvalue weighted by molar-refractivity contribution is 6.04. The van der Waals surface area contributed by atoms with Gasteiger partial charge in [0.05, 0.1) is 18.2 Å². The highest BCUT2D eigenvalue weighted by Gasteiger charge is 2.26. The number of likely N-dealkylation sites (N-methyl/N-ethyl adjacent to an activating group) is 1. The fourth-order valence-corrected chi connectivity index (χ4v) is 2.87. The van der Waals surface area contributed by atoms with E-state index in [1.807, 2.05) is 0 Å². The first kappa shape index (κ1) is 26.8. The van der Waals surface area contributed by atoms with Gasteiger partial charge in [0.25, 0.3) is 5.91 Å². The third-order valence-electron chi connectivity index (χ3n) is 4.52. The van der Waals surface area contributed by atoms with Gasteiger partial charge in [-0.2, -0.15) is 0 Å². The molecule has 9 heteroatoms. The molecular weight excluding hydrogens is 416 g/mol. The number of ether oxygens (including phenoxy) is 2. The van der Waals surface area contributed by atoms with E-state index >= 15 is 0 Å². The molecule has 0 radical (unpaired) electrons. The van der Waals surface area contributed by atoms with Crippen LogP contribution in [0.15, 0.2) is 18.2 Å². The van der Waals surface area contributed by atoms with Gasteiger partial charge in [-0.15, -0.1) is 0 Å². The van der Waals surface area contributed by atoms with Crippen molar-refractivity contribution in [2.24, 2.45) is 0 Å². The lowest BCUT2D eigenvalue weighted by Crippen LogP contribution is -2.39. The highest BCUT2D eigenvalue weighted by Crippen LogP contribution is 2.25. The van der Waals surface area contributed by atoms with Crippen LogP contribution in [0.4, 0.5) is 0 Å². The summed E-state index contributed by atoms with van der Waals surface area (Å²) in [7, 11) is 2.92. The van der Waals surface area contributed by atoms with E-state index in [2.05, 4.69) is 5.32 Å². The lowest BCUT2D eigenvalue weighted by atomic mass is 10.0. The minimum atomic E-state index is -0.848. The average molecular weight is 449 g/mol. The first-order chi connectivity index (χ1) is 15.0. The molecule has 0 aliphatic rings. The van der Waals surface area contributed by atoms with E-state index in [9.17, 15) is 24.0 Å². The molecule has 0 aromatic heterocycles.